The predicted molar refractivity (Wildman–Crippen MR) is 72.5 cm³/mol. The fourth-order valence-corrected chi connectivity index (χ4v) is 3.23. The molecular formula is C13H17N3S. The Morgan fingerprint density at radius 1 is 1.35 bits per heavy atom. The van der Waals surface area contributed by atoms with Crippen molar-refractivity contribution in [3.8, 4) is 0 Å². The average Bonchev–Trinajstić information content (AvgIpc) is 2.72. The summed E-state index contributed by atoms with van der Waals surface area (Å²) in [6.45, 7) is 7.60. The molecule has 17 heavy (non-hydrogen) atoms. The zero-order valence-corrected chi connectivity index (χ0v) is 10.9. The van der Waals surface area contributed by atoms with Crippen molar-refractivity contribution in [3.63, 3.8) is 0 Å². The minimum Gasteiger partial charge on any atom is -0.314 e. The minimum atomic E-state index is 1.03. The molecule has 2 aromatic rings. The van der Waals surface area contributed by atoms with Gasteiger partial charge in [0.05, 0.1) is 15.2 Å². The summed E-state index contributed by atoms with van der Waals surface area (Å²) in [6.07, 6.45) is 0. The Hall–Kier alpha value is -0.970. The second-order valence-corrected chi connectivity index (χ2v) is 5.76. The van der Waals surface area contributed by atoms with Crippen molar-refractivity contribution in [1.82, 2.24) is 15.2 Å². The summed E-state index contributed by atoms with van der Waals surface area (Å²) < 4.78 is 1.31. The number of hydrogen-bond donors (Lipinski definition) is 1. The second kappa shape index (κ2) is 4.72. The van der Waals surface area contributed by atoms with Gasteiger partial charge in [0.2, 0.25) is 0 Å². The number of rotatable bonds is 2. The Kier molecular flexibility index (Phi) is 3.09. The Morgan fingerprint density at radius 2 is 2.18 bits per heavy atom. The molecule has 1 aliphatic rings. The summed E-state index contributed by atoms with van der Waals surface area (Å²) in [5, 5.41) is 4.55. The van der Waals surface area contributed by atoms with Crippen LogP contribution in [0.4, 0.5) is 0 Å². The number of para-hydroxylation sites is 1. The first-order valence-electron chi connectivity index (χ1n) is 6.11. The van der Waals surface area contributed by atoms with E-state index in [0.29, 0.717) is 0 Å². The van der Waals surface area contributed by atoms with Gasteiger partial charge in [-0.15, -0.1) is 11.3 Å². The van der Waals surface area contributed by atoms with Crippen molar-refractivity contribution >= 4 is 21.6 Å². The van der Waals surface area contributed by atoms with Gasteiger partial charge in [-0.1, -0.05) is 12.1 Å². The van der Waals surface area contributed by atoms with Gasteiger partial charge >= 0.3 is 0 Å². The number of nitrogens with one attached hydrogen (secondary N) is 1. The van der Waals surface area contributed by atoms with Crippen LogP contribution < -0.4 is 5.32 Å². The Bertz CT molecular complexity index is 514. The third-order valence-electron chi connectivity index (χ3n) is 3.21. The molecule has 0 bridgehead atoms. The van der Waals surface area contributed by atoms with Crippen LogP contribution in [0.25, 0.3) is 10.2 Å². The third kappa shape index (κ3) is 2.34. The molecule has 1 fully saturated rings. The van der Waals surface area contributed by atoms with Crippen LogP contribution in [0.5, 0.6) is 0 Å². The van der Waals surface area contributed by atoms with Crippen molar-refractivity contribution in [3.05, 3.63) is 28.8 Å². The van der Waals surface area contributed by atoms with Crippen molar-refractivity contribution in [1.29, 1.82) is 0 Å². The normalized spacial score (nSPS) is 17.7. The van der Waals surface area contributed by atoms with E-state index in [2.05, 4.69) is 40.3 Å². The van der Waals surface area contributed by atoms with E-state index in [1.54, 1.807) is 11.3 Å². The van der Waals surface area contributed by atoms with Crippen LogP contribution >= 0.6 is 11.3 Å². The lowest BCUT2D eigenvalue weighted by Crippen LogP contribution is -2.42. The predicted octanol–water partition coefficient (Wildman–Crippen LogP) is 2.01. The fourth-order valence-electron chi connectivity index (χ4n) is 2.35. The van der Waals surface area contributed by atoms with E-state index >= 15 is 0 Å². The van der Waals surface area contributed by atoms with E-state index in [4.69, 9.17) is 0 Å². The average molecular weight is 247 g/mol. The highest BCUT2D eigenvalue weighted by Gasteiger charge is 2.12. The van der Waals surface area contributed by atoms with Gasteiger partial charge in [-0.2, -0.15) is 0 Å². The molecule has 90 valence electrons. The van der Waals surface area contributed by atoms with Crippen molar-refractivity contribution in [2.45, 2.75) is 13.5 Å². The van der Waals surface area contributed by atoms with E-state index in [9.17, 15) is 0 Å². The Balaban J connectivity index is 1.88. The highest BCUT2D eigenvalue weighted by Crippen LogP contribution is 2.25. The molecule has 0 amide bonds. The molecule has 0 radical (unpaired) electrons. The first-order chi connectivity index (χ1) is 8.33. The maximum absolute atomic E-state index is 4.65. The Labute approximate surface area is 105 Å². The third-order valence-corrected chi connectivity index (χ3v) is 4.15. The number of thiazole rings is 1. The monoisotopic (exact) mass is 247 g/mol. The smallest absolute Gasteiger partial charge is 0.0907 e. The lowest BCUT2D eigenvalue weighted by atomic mass is 10.1. The number of aromatic nitrogens is 1. The summed E-state index contributed by atoms with van der Waals surface area (Å²) in [5.41, 5.74) is 2.57. The van der Waals surface area contributed by atoms with Crippen LogP contribution in [0.15, 0.2) is 18.2 Å². The molecule has 3 nitrogen and oxygen atoms in total. The maximum Gasteiger partial charge on any atom is 0.0907 e. The standard InChI is InChI=1S/C13H17N3S/c1-10-15-13-11(3-2-4-12(13)17-10)9-16-7-5-14-6-8-16/h2-4,14H,5-9H2,1H3. The minimum absolute atomic E-state index is 1.03. The number of hydrogen-bond acceptors (Lipinski definition) is 4. The largest absolute Gasteiger partial charge is 0.314 e. The molecule has 1 aromatic heterocycles. The lowest BCUT2D eigenvalue weighted by Gasteiger charge is -2.27. The van der Waals surface area contributed by atoms with Crippen LogP contribution in [0.2, 0.25) is 0 Å². The van der Waals surface area contributed by atoms with E-state index in [0.717, 1.165) is 37.7 Å². The van der Waals surface area contributed by atoms with Gasteiger partial charge in [0, 0.05) is 32.7 Å². The number of fused-ring (bicyclic) bond motifs is 1. The zero-order chi connectivity index (χ0) is 11.7. The maximum atomic E-state index is 4.65. The summed E-state index contributed by atoms with van der Waals surface area (Å²) >= 11 is 1.79. The van der Waals surface area contributed by atoms with Crippen LogP contribution in [-0.4, -0.2) is 36.1 Å². The number of nitrogens with zero attached hydrogens (tertiary/aromatic N) is 2. The van der Waals surface area contributed by atoms with E-state index in [1.165, 1.54) is 15.8 Å². The molecule has 0 spiro atoms. The van der Waals surface area contributed by atoms with Gasteiger partial charge in [-0.3, -0.25) is 4.90 Å². The van der Waals surface area contributed by atoms with Gasteiger partial charge in [0.1, 0.15) is 0 Å². The molecule has 1 aromatic carbocycles. The summed E-state index contributed by atoms with van der Waals surface area (Å²) in [7, 11) is 0. The van der Waals surface area contributed by atoms with Gasteiger partial charge < -0.3 is 5.32 Å². The van der Waals surface area contributed by atoms with E-state index in [-0.39, 0.29) is 0 Å². The van der Waals surface area contributed by atoms with E-state index in [1.807, 2.05) is 0 Å². The van der Waals surface area contributed by atoms with Crippen molar-refractivity contribution < 1.29 is 0 Å². The summed E-state index contributed by atoms with van der Waals surface area (Å²) in [5.74, 6) is 0. The van der Waals surface area contributed by atoms with E-state index < -0.39 is 0 Å². The zero-order valence-electron chi connectivity index (χ0n) is 10.1. The SMILES string of the molecule is Cc1nc2c(CN3CCNCC3)cccc2s1. The molecular weight excluding hydrogens is 230 g/mol. The number of piperazine rings is 1. The van der Waals surface area contributed by atoms with Crippen molar-refractivity contribution in [2.75, 3.05) is 26.2 Å². The Morgan fingerprint density at radius 3 is 3.00 bits per heavy atom. The molecule has 0 saturated carbocycles. The molecule has 4 heteroatoms. The van der Waals surface area contributed by atoms with Crippen molar-refractivity contribution in [2.24, 2.45) is 0 Å². The highest BCUT2D eigenvalue weighted by atomic mass is 32.1. The topological polar surface area (TPSA) is 28.2 Å². The first kappa shape index (κ1) is 11.1. The van der Waals surface area contributed by atoms with Gasteiger partial charge in [0.15, 0.2) is 0 Å². The molecule has 0 aliphatic carbocycles. The van der Waals surface area contributed by atoms with Gasteiger partial charge in [-0.25, -0.2) is 4.98 Å². The molecule has 1 aliphatic heterocycles. The fraction of sp³-hybridized carbons (Fsp3) is 0.462. The number of aryl methyl sites for hydroxylation is 1. The summed E-state index contributed by atoms with van der Waals surface area (Å²) in [4.78, 5) is 7.15. The van der Waals surface area contributed by atoms with Crippen LogP contribution in [0, 0.1) is 6.92 Å². The molecule has 1 saturated heterocycles. The van der Waals surface area contributed by atoms with Crippen LogP contribution in [-0.2, 0) is 6.54 Å². The highest BCUT2D eigenvalue weighted by molar-refractivity contribution is 7.18. The molecule has 0 atom stereocenters. The number of benzene rings is 1. The second-order valence-electron chi connectivity index (χ2n) is 4.52. The van der Waals surface area contributed by atoms with Crippen LogP contribution in [0.1, 0.15) is 10.6 Å². The van der Waals surface area contributed by atoms with Crippen LogP contribution in [0.3, 0.4) is 0 Å². The molecule has 3 rings (SSSR count). The van der Waals surface area contributed by atoms with Gasteiger partial charge in [0.25, 0.3) is 0 Å². The van der Waals surface area contributed by atoms with Gasteiger partial charge in [-0.05, 0) is 18.6 Å². The molecule has 2 heterocycles. The summed E-state index contributed by atoms with van der Waals surface area (Å²) in [6, 6.07) is 6.53. The quantitative estimate of drug-likeness (QED) is 0.880. The molecule has 0 unspecified atom stereocenters. The lowest BCUT2D eigenvalue weighted by molar-refractivity contribution is 0.234. The molecule has 1 N–H and O–H groups in total. The first-order valence-corrected chi connectivity index (χ1v) is 6.93.